The maximum Gasteiger partial charge on any atom is 0.192 e. The van der Waals surface area contributed by atoms with Gasteiger partial charge in [-0.3, -0.25) is 9.59 Å². The van der Waals surface area contributed by atoms with Crippen LogP contribution < -0.4 is 0 Å². The van der Waals surface area contributed by atoms with Crippen LogP contribution in [0.2, 0.25) is 0 Å². The normalized spacial score (nSPS) is 44.4. The van der Waals surface area contributed by atoms with E-state index < -0.39 is 0 Å². The number of hydrogen-bond donors (Lipinski definition) is 0. The maximum atomic E-state index is 14.4. The van der Waals surface area contributed by atoms with Crippen LogP contribution >= 0.6 is 11.8 Å². The summed E-state index contributed by atoms with van der Waals surface area (Å²) in [4.78, 5) is 26.3. The molecule has 0 radical (unpaired) electrons. The van der Waals surface area contributed by atoms with Crippen molar-refractivity contribution in [1.82, 2.24) is 0 Å². The van der Waals surface area contributed by atoms with Gasteiger partial charge in [-0.1, -0.05) is 33.3 Å². The first-order valence-electron chi connectivity index (χ1n) is 10.7. The molecule has 4 heteroatoms. The van der Waals surface area contributed by atoms with Crippen LogP contribution in [-0.2, 0) is 9.59 Å². The van der Waals surface area contributed by atoms with E-state index in [-0.39, 0.29) is 28.4 Å². The molecule has 0 aromatic heterocycles. The van der Waals surface area contributed by atoms with Gasteiger partial charge in [0.25, 0.3) is 0 Å². The Balaban J connectivity index is 1.93. The van der Waals surface area contributed by atoms with Gasteiger partial charge in [0, 0.05) is 17.3 Å². The van der Waals surface area contributed by atoms with E-state index in [1.54, 1.807) is 17.8 Å². The Labute approximate surface area is 172 Å². The van der Waals surface area contributed by atoms with E-state index in [9.17, 15) is 14.0 Å². The molecule has 0 aromatic carbocycles. The van der Waals surface area contributed by atoms with Crippen molar-refractivity contribution in [1.29, 1.82) is 0 Å². The van der Waals surface area contributed by atoms with E-state index in [0.29, 0.717) is 29.6 Å². The van der Waals surface area contributed by atoms with E-state index in [0.717, 1.165) is 47.4 Å². The number of halogens is 1. The topological polar surface area (TPSA) is 34.1 Å². The quantitative estimate of drug-likeness (QED) is 0.564. The summed E-state index contributed by atoms with van der Waals surface area (Å²) >= 11 is 1.55. The summed E-state index contributed by atoms with van der Waals surface area (Å²) in [6.45, 7) is 10.6. The molecular weight excluding hydrogens is 371 g/mol. The fraction of sp³-hybridized carbons (Fsp3) is 0.667. The fourth-order valence-electron chi connectivity index (χ4n) is 7.09. The van der Waals surface area contributed by atoms with Gasteiger partial charge in [-0.15, -0.1) is 11.8 Å². The predicted molar refractivity (Wildman–Crippen MR) is 112 cm³/mol. The molecule has 0 saturated heterocycles. The van der Waals surface area contributed by atoms with E-state index in [2.05, 4.69) is 20.8 Å². The molecule has 0 aromatic rings. The van der Waals surface area contributed by atoms with Gasteiger partial charge in [-0.25, -0.2) is 4.39 Å². The molecule has 6 atom stereocenters. The molecule has 2 nitrogen and oxygen atoms in total. The Morgan fingerprint density at radius 3 is 2.61 bits per heavy atom. The van der Waals surface area contributed by atoms with Crippen LogP contribution in [0.25, 0.3) is 0 Å². The number of thioether (sulfide) groups is 1. The van der Waals surface area contributed by atoms with Gasteiger partial charge < -0.3 is 0 Å². The Hall–Kier alpha value is -1.16. The summed E-state index contributed by atoms with van der Waals surface area (Å²) in [6, 6.07) is 0. The van der Waals surface area contributed by atoms with Crippen molar-refractivity contribution in [2.45, 2.75) is 60.3 Å². The lowest BCUT2D eigenvalue weighted by Crippen LogP contribution is -2.54. The number of ketones is 2. The number of fused-ring (bicyclic) bond motifs is 5. The Morgan fingerprint density at radius 2 is 1.96 bits per heavy atom. The summed E-state index contributed by atoms with van der Waals surface area (Å²) in [5.41, 5.74) is 2.12. The average Bonchev–Trinajstić information content (AvgIpc) is 2.96. The van der Waals surface area contributed by atoms with Gasteiger partial charge in [0.15, 0.2) is 5.78 Å². The van der Waals surface area contributed by atoms with Crippen LogP contribution in [0.4, 0.5) is 4.39 Å². The first-order chi connectivity index (χ1) is 13.2. The Bertz CT molecular complexity index is 838. The number of hydrogen-bond acceptors (Lipinski definition) is 3. The minimum absolute atomic E-state index is 0.0264. The second-order valence-electron chi connectivity index (χ2n) is 9.59. The average molecular weight is 403 g/mol. The third kappa shape index (κ3) is 2.39. The van der Waals surface area contributed by atoms with Crippen molar-refractivity contribution >= 4 is 23.3 Å². The monoisotopic (exact) mass is 402 g/mol. The summed E-state index contributed by atoms with van der Waals surface area (Å²) in [5.74, 6) is 2.19. The summed E-state index contributed by atoms with van der Waals surface area (Å²) in [5, 5.41) is 0. The molecule has 4 aliphatic carbocycles. The molecule has 4 rings (SSSR count). The highest BCUT2D eigenvalue weighted by Crippen LogP contribution is 2.68. The third-order valence-corrected chi connectivity index (χ3v) is 9.67. The Kier molecular flexibility index (Phi) is 4.80. The number of rotatable bonds is 2. The zero-order chi connectivity index (χ0) is 20.4. The van der Waals surface area contributed by atoms with Gasteiger partial charge in [-0.2, -0.15) is 0 Å². The largest absolute Gasteiger partial charge is 0.299 e. The second kappa shape index (κ2) is 6.68. The molecular formula is C24H31FO2S. The second-order valence-corrected chi connectivity index (χ2v) is 10.9. The highest BCUT2D eigenvalue weighted by molar-refractivity contribution is 8.04. The maximum absolute atomic E-state index is 14.4. The standard InChI is InChI=1S/C24H31FO2S/c1-6-28-22-18(26)11-13(2)24(5)17-9-10-23(4)16(7-8-19(23)27)20(17)14(3)15(12-25)21(22)24/h11-12,14,16-17,20H,6-10H2,1-5H3/t14-,16+,17+,20+,23+,24-/m1/s1. The van der Waals surface area contributed by atoms with Crippen LogP contribution in [0.15, 0.2) is 34.0 Å². The lowest BCUT2D eigenvalue weighted by molar-refractivity contribution is -0.132. The molecule has 0 N–H and O–H groups in total. The molecule has 28 heavy (non-hydrogen) atoms. The van der Waals surface area contributed by atoms with E-state index in [1.165, 1.54) is 0 Å². The molecule has 0 bridgehead atoms. The van der Waals surface area contributed by atoms with Crippen LogP contribution in [0.3, 0.4) is 0 Å². The van der Waals surface area contributed by atoms with Gasteiger partial charge in [0.05, 0.1) is 11.2 Å². The number of allylic oxidation sites excluding steroid dienone is 5. The molecule has 0 heterocycles. The number of carbonyl (C=O) groups excluding carboxylic acids is 2. The van der Waals surface area contributed by atoms with Gasteiger partial charge >= 0.3 is 0 Å². The zero-order valence-corrected chi connectivity index (χ0v) is 18.4. The third-order valence-electron chi connectivity index (χ3n) is 8.68. The highest BCUT2D eigenvalue weighted by Gasteiger charge is 2.62. The van der Waals surface area contributed by atoms with Crippen molar-refractivity contribution in [3.05, 3.63) is 34.0 Å². The van der Waals surface area contributed by atoms with Crippen molar-refractivity contribution in [2.75, 3.05) is 5.75 Å². The van der Waals surface area contributed by atoms with Gasteiger partial charge in [0.1, 0.15) is 5.78 Å². The minimum atomic E-state index is -0.326. The minimum Gasteiger partial charge on any atom is -0.299 e. The summed E-state index contributed by atoms with van der Waals surface area (Å²) < 4.78 is 14.4. The predicted octanol–water partition coefficient (Wildman–Crippen LogP) is 6.04. The van der Waals surface area contributed by atoms with Crippen molar-refractivity contribution in [3.8, 4) is 0 Å². The number of Topliss-reactive ketones (excluding diaryl/α,β-unsaturated/α-hetero) is 1. The van der Waals surface area contributed by atoms with Crippen LogP contribution in [-0.4, -0.2) is 17.3 Å². The molecule has 0 spiro atoms. The molecule has 0 unspecified atom stereocenters. The van der Waals surface area contributed by atoms with E-state index in [4.69, 9.17) is 0 Å². The lowest BCUT2D eigenvalue weighted by Gasteiger charge is -2.60. The molecule has 3 saturated carbocycles. The zero-order valence-electron chi connectivity index (χ0n) is 17.6. The van der Waals surface area contributed by atoms with Gasteiger partial charge in [-0.05, 0) is 72.8 Å². The first-order valence-corrected chi connectivity index (χ1v) is 11.6. The summed E-state index contributed by atoms with van der Waals surface area (Å²) in [7, 11) is 0. The first kappa shape index (κ1) is 20.1. The Morgan fingerprint density at radius 1 is 1.25 bits per heavy atom. The lowest BCUT2D eigenvalue weighted by atomic mass is 9.44. The van der Waals surface area contributed by atoms with Crippen molar-refractivity contribution < 1.29 is 14.0 Å². The van der Waals surface area contributed by atoms with E-state index in [1.807, 2.05) is 13.8 Å². The van der Waals surface area contributed by atoms with Crippen molar-refractivity contribution in [2.24, 2.45) is 34.5 Å². The van der Waals surface area contributed by atoms with Crippen LogP contribution in [0.1, 0.15) is 60.3 Å². The molecule has 0 amide bonds. The SMILES string of the molecule is CCSC1=C2C(=CF)[C@@H](C)[C@@H]3[C@H](CC[C@]4(C)C(=O)CC[C@@H]34)[C@@]2(C)C(C)=CC1=O. The fourth-order valence-corrected chi connectivity index (χ4v) is 8.06. The van der Waals surface area contributed by atoms with Crippen LogP contribution in [0.5, 0.6) is 0 Å². The number of carbonyl (C=O) groups is 2. The van der Waals surface area contributed by atoms with Gasteiger partial charge in [0.2, 0.25) is 0 Å². The van der Waals surface area contributed by atoms with E-state index >= 15 is 0 Å². The molecule has 0 aliphatic heterocycles. The molecule has 4 aliphatic rings. The van der Waals surface area contributed by atoms with Crippen LogP contribution in [0, 0.1) is 34.5 Å². The molecule has 152 valence electrons. The summed E-state index contributed by atoms with van der Waals surface area (Å²) in [6.07, 6.45) is 6.02. The van der Waals surface area contributed by atoms with Crippen molar-refractivity contribution in [3.63, 3.8) is 0 Å². The highest BCUT2D eigenvalue weighted by atomic mass is 32.2. The smallest absolute Gasteiger partial charge is 0.192 e. The molecule has 3 fully saturated rings.